The number of thiocarbonyl (C=S) groups is 1. The topological polar surface area (TPSA) is 67.9 Å². The van der Waals surface area contributed by atoms with E-state index in [9.17, 15) is 9.59 Å². The molecule has 1 fully saturated rings. The highest BCUT2D eigenvalue weighted by molar-refractivity contribution is 8.26. The zero-order valence-corrected chi connectivity index (χ0v) is 20.1. The molecule has 3 rings (SSSR count). The Labute approximate surface area is 201 Å². The number of carbonyl (C=O) groups is 2. The number of hydrogen-bond acceptors (Lipinski definition) is 6. The number of thioether (sulfide) groups is 1. The molecular formula is C23H23ClN2O4S2. The molecule has 0 aliphatic carbocycles. The van der Waals surface area contributed by atoms with E-state index in [1.165, 1.54) is 0 Å². The normalized spacial score (nSPS) is 14.7. The Bertz CT molecular complexity index is 1060. The average molecular weight is 491 g/mol. The fraction of sp³-hybridized carbons (Fsp3) is 0.261. The first-order valence-corrected chi connectivity index (χ1v) is 11.8. The van der Waals surface area contributed by atoms with E-state index in [1.807, 2.05) is 25.1 Å². The fourth-order valence-electron chi connectivity index (χ4n) is 2.85. The van der Waals surface area contributed by atoms with Crippen LogP contribution in [0.5, 0.6) is 11.5 Å². The highest BCUT2D eigenvalue weighted by Gasteiger charge is 2.34. The molecule has 168 valence electrons. The second-order valence-corrected chi connectivity index (χ2v) is 8.86. The van der Waals surface area contributed by atoms with Gasteiger partial charge in [0.2, 0.25) is 0 Å². The molecule has 0 atom stereocenters. The van der Waals surface area contributed by atoms with Gasteiger partial charge in [0, 0.05) is 0 Å². The van der Waals surface area contributed by atoms with Gasteiger partial charge in [-0.1, -0.05) is 54.9 Å². The van der Waals surface area contributed by atoms with E-state index in [0.29, 0.717) is 29.6 Å². The van der Waals surface area contributed by atoms with Gasteiger partial charge in [0.1, 0.15) is 0 Å². The lowest BCUT2D eigenvalue weighted by atomic mass is 10.2. The largest absolute Gasteiger partial charge is 0.490 e. The van der Waals surface area contributed by atoms with Crippen LogP contribution >= 0.6 is 35.6 Å². The van der Waals surface area contributed by atoms with Crippen molar-refractivity contribution in [3.8, 4) is 11.5 Å². The van der Waals surface area contributed by atoms with Crippen molar-refractivity contribution in [3.63, 3.8) is 0 Å². The molecule has 32 heavy (non-hydrogen) atoms. The minimum atomic E-state index is -0.514. The molecule has 2 amide bonds. The number of hydrazine groups is 1. The monoisotopic (exact) mass is 490 g/mol. The maximum Gasteiger partial charge on any atom is 0.285 e. The third kappa shape index (κ3) is 5.82. The summed E-state index contributed by atoms with van der Waals surface area (Å²) >= 11 is 12.5. The number of benzene rings is 2. The molecule has 1 N–H and O–H groups in total. The van der Waals surface area contributed by atoms with Crippen molar-refractivity contribution < 1.29 is 19.1 Å². The highest BCUT2D eigenvalue weighted by atomic mass is 35.5. The molecule has 0 radical (unpaired) electrons. The molecule has 0 unspecified atom stereocenters. The van der Waals surface area contributed by atoms with Crippen LogP contribution in [0.2, 0.25) is 5.02 Å². The van der Waals surface area contributed by atoms with Gasteiger partial charge < -0.3 is 9.47 Å². The number of carbonyl (C=O) groups excluding carboxylic acids is 2. The molecule has 1 heterocycles. The fourth-order valence-corrected chi connectivity index (χ4v) is 4.25. The third-order valence-corrected chi connectivity index (χ3v) is 6.08. The molecule has 6 nitrogen and oxygen atoms in total. The van der Waals surface area contributed by atoms with E-state index in [1.54, 1.807) is 30.3 Å². The first-order chi connectivity index (χ1) is 15.4. The Morgan fingerprint density at radius 2 is 1.97 bits per heavy atom. The van der Waals surface area contributed by atoms with Crippen molar-refractivity contribution in [2.45, 2.75) is 26.7 Å². The van der Waals surface area contributed by atoms with E-state index in [4.69, 9.17) is 33.3 Å². The number of unbranched alkanes of at least 4 members (excludes halogenated alkanes) is 1. The number of halogens is 1. The lowest BCUT2D eigenvalue weighted by Gasteiger charge is -2.16. The molecule has 9 heteroatoms. The van der Waals surface area contributed by atoms with Crippen LogP contribution < -0.4 is 14.9 Å². The second kappa shape index (κ2) is 11.4. The van der Waals surface area contributed by atoms with Crippen molar-refractivity contribution in [3.05, 3.63) is 63.5 Å². The van der Waals surface area contributed by atoms with Gasteiger partial charge in [0.25, 0.3) is 11.8 Å². The number of rotatable bonds is 9. The molecule has 1 aliphatic rings. The second-order valence-electron chi connectivity index (χ2n) is 6.78. The molecule has 0 spiro atoms. The number of hydrogen-bond donors (Lipinski definition) is 1. The first kappa shape index (κ1) is 24.1. The van der Waals surface area contributed by atoms with Crippen LogP contribution in [0.15, 0.2) is 47.4 Å². The van der Waals surface area contributed by atoms with Crippen LogP contribution in [0.3, 0.4) is 0 Å². The van der Waals surface area contributed by atoms with Crippen LogP contribution in [0.4, 0.5) is 0 Å². The molecular weight excluding hydrogens is 468 g/mol. The molecule has 1 saturated heterocycles. The molecule has 1 aliphatic heterocycles. The lowest BCUT2D eigenvalue weighted by Crippen LogP contribution is -2.44. The zero-order chi connectivity index (χ0) is 23.1. The summed E-state index contributed by atoms with van der Waals surface area (Å²) in [6.07, 6.45) is 3.70. The van der Waals surface area contributed by atoms with Crippen molar-refractivity contribution in [2.24, 2.45) is 0 Å². The molecule has 0 bridgehead atoms. The third-order valence-electron chi connectivity index (χ3n) is 4.45. The molecule has 0 aromatic heterocycles. The Morgan fingerprint density at radius 1 is 1.19 bits per heavy atom. The molecule has 2 aromatic carbocycles. The van der Waals surface area contributed by atoms with Crippen LogP contribution in [0.25, 0.3) is 6.08 Å². The van der Waals surface area contributed by atoms with Crippen molar-refractivity contribution in [1.29, 1.82) is 0 Å². The Hall–Kier alpha value is -2.55. The van der Waals surface area contributed by atoms with Gasteiger partial charge in [-0.05, 0) is 61.5 Å². The predicted molar refractivity (Wildman–Crippen MR) is 132 cm³/mol. The van der Waals surface area contributed by atoms with Gasteiger partial charge in [-0.2, -0.15) is 5.01 Å². The van der Waals surface area contributed by atoms with E-state index >= 15 is 0 Å². The van der Waals surface area contributed by atoms with Crippen LogP contribution in [-0.4, -0.2) is 34.4 Å². The summed E-state index contributed by atoms with van der Waals surface area (Å²) < 4.78 is 11.7. The lowest BCUT2D eigenvalue weighted by molar-refractivity contribution is -0.123. The van der Waals surface area contributed by atoms with E-state index in [-0.39, 0.29) is 14.9 Å². The maximum absolute atomic E-state index is 12.9. The molecule has 0 saturated carbocycles. The SMILES string of the molecule is CCCCOc1ccc(/C=C2\SC(=S)N(NC(=O)c3ccccc3Cl)C2=O)cc1OCC. The van der Waals surface area contributed by atoms with Crippen molar-refractivity contribution in [1.82, 2.24) is 10.4 Å². The summed E-state index contributed by atoms with van der Waals surface area (Å²) in [6, 6.07) is 12.1. The Balaban J connectivity index is 1.77. The number of amides is 2. The number of nitrogens with one attached hydrogen (secondary N) is 1. The minimum Gasteiger partial charge on any atom is -0.490 e. The van der Waals surface area contributed by atoms with E-state index in [2.05, 4.69) is 12.3 Å². The van der Waals surface area contributed by atoms with Crippen LogP contribution in [0, 0.1) is 0 Å². The predicted octanol–water partition coefficient (Wildman–Crippen LogP) is 5.46. The van der Waals surface area contributed by atoms with Gasteiger partial charge in [-0.3, -0.25) is 15.0 Å². The average Bonchev–Trinajstić information content (AvgIpc) is 3.03. The van der Waals surface area contributed by atoms with Crippen molar-refractivity contribution >= 4 is 57.8 Å². The van der Waals surface area contributed by atoms with Gasteiger partial charge in [-0.15, -0.1) is 0 Å². The van der Waals surface area contributed by atoms with Crippen LogP contribution in [0.1, 0.15) is 42.6 Å². The number of ether oxygens (including phenoxy) is 2. The molecule has 2 aromatic rings. The van der Waals surface area contributed by atoms with E-state index < -0.39 is 11.8 Å². The minimum absolute atomic E-state index is 0.228. The zero-order valence-electron chi connectivity index (χ0n) is 17.7. The van der Waals surface area contributed by atoms with Gasteiger partial charge >= 0.3 is 0 Å². The summed E-state index contributed by atoms with van der Waals surface area (Å²) in [5, 5.41) is 1.35. The summed E-state index contributed by atoms with van der Waals surface area (Å²) in [7, 11) is 0. The van der Waals surface area contributed by atoms with Gasteiger partial charge in [0.15, 0.2) is 15.8 Å². The summed E-state index contributed by atoms with van der Waals surface area (Å²) in [6.45, 7) is 5.10. The van der Waals surface area contributed by atoms with Crippen LogP contribution in [-0.2, 0) is 4.79 Å². The number of nitrogens with zero attached hydrogens (tertiary/aromatic N) is 1. The Morgan fingerprint density at radius 3 is 2.69 bits per heavy atom. The van der Waals surface area contributed by atoms with Crippen molar-refractivity contribution in [2.75, 3.05) is 13.2 Å². The quantitative estimate of drug-likeness (QED) is 0.286. The highest BCUT2D eigenvalue weighted by Crippen LogP contribution is 2.34. The maximum atomic E-state index is 12.9. The van der Waals surface area contributed by atoms with Gasteiger partial charge in [-0.25, -0.2) is 0 Å². The summed E-state index contributed by atoms with van der Waals surface area (Å²) in [5.74, 6) is 0.346. The van der Waals surface area contributed by atoms with Gasteiger partial charge in [0.05, 0.1) is 28.7 Å². The summed E-state index contributed by atoms with van der Waals surface area (Å²) in [4.78, 5) is 25.8. The first-order valence-electron chi connectivity index (χ1n) is 10.2. The standard InChI is InChI=1S/C23H23ClN2O4S2/c1-3-5-12-30-18-11-10-15(13-19(18)29-4-2)14-20-22(28)26(23(31)32-20)25-21(27)16-8-6-7-9-17(16)24/h6-11,13-14H,3-5,12H2,1-2H3,(H,25,27)/b20-14-. The van der Waals surface area contributed by atoms with E-state index in [0.717, 1.165) is 35.2 Å². The smallest absolute Gasteiger partial charge is 0.285 e. The summed E-state index contributed by atoms with van der Waals surface area (Å²) in [5.41, 5.74) is 3.55. The Kier molecular flexibility index (Phi) is 8.55.